The van der Waals surface area contributed by atoms with Crippen molar-refractivity contribution in [3.05, 3.63) is 30.3 Å². The molecule has 1 aliphatic heterocycles. The van der Waals surface area contributed by atoms with Crippen molar-refractivity contribution in [2.75, 3.05) is 45.7 Å². The van der Waals surface area contributed by atoms with Crippen LogP contribution < -0.4 is 10.6 Å². The summed E-state index contributed by atoms with van der Waals surface area (Å²) >= 11 is 0. The van der Waals surface area contributed by atoms with Crippen LogP contribution in [0.3, 0.4) is 0 Å². The maximum absolute atomic E-state index is 12.0. The first-order valence-corrected chi connectivity index (χ1v) is 8.53. The summed E-state index contributed by atoms with van der Waals surface area (Å²) in [5.74, 6) is 1.38. The fraction of sp³-hybridized carbons (Fsp3) is 0.556. The first kappa shape index (κ1) is 18.3. The van der Waals surface area contributed by atoms with E-state index in [1.165, 1.54) is 0 Å². The minimum atomic E-state index is -0.0832. The van der Waals surface area contributed by atoms with Gasteiger partial charge in [-0.25, -0.2) is 0 Å². The first-order valence-electron chi connectivity index (χ1n) is 8.53. The number of rotatable bonds is 6. The van der Waals surface area contributed by atoms with E-state index in [1.807, 2.05) is 37.4 Å². The van der Waals surface area contributed by atoms with Crippen molar-refractivity contribution in [3.8, 4) is 0 Å². The van der Waals surface area contributed by atoms with E-state index < -0.39 is 0 Å². The summed E-state index contributed by atoms with van der Waals surface area (Å²) in [7, 11) is 3.74. The lowest BCUT2D eigenvalue weighted by Crippen LogP contribution is -2.43. The second-order valence-corrected chi connectivity index (χ2v) is 6.08. The van der Waals surface area contributed by atoms with Gasteiger partial charge in [0.15, 0.2) is 5.96 Å². The molecule has 1 saturated heterocycles. The molecule has 1 fully saturated rings. The van der Waals surface area contributed by atoms with Crippen LogP contribution in [0, 0.1) is 5.92 Å². The molecule has 6 nitrogen and oxygen atoms in total. The summed E-state index contributed by atoms with van der Waals surface area (Å²) in [6.45, 7) is 2.87. The number of guanidine groups is 1. The molecule has 6 heteroatoms. The van der Waals surface area contributed by atoms with Crippen LogP contribution in [0.15, 0.2) is 35.3 Å². The Hall–Kier alpha value is -2.08. The van der Waals surface area contributed by atoms with E-state index in [0.29, 0.717) is 0 Å². The number of nitrogens with zero attached hydrogens (tertiary/aromatic N) is 2. The molecule has 132 valence electrons. The van der Waals surface area contributed by atoms with E-state index in [9.17, 15) is 4.79 Å². The van der Waals surface area contributed by atoms with E-state index >= 15 is 0 Å². The van der Waals surface area contributed by atoms with Crippen LogP contribution >= 0.6 is 0 Å². The molecule has 0 aliphatic carbocycles. The van der Waals surface area contributed by atoms with Gasteiger partial charge in [-0.1, -0.05) is 18.2 Å². The van der Waals surface area contributed by atoms with Crippen molar-refractivity contribution < 1.29 is 9.53 Å². The molecule has 0 unspecified atom stereocenters. The Balaban J connectivity index is 1.71. The van der Waals surface area contributed by atoms with Crippen LogP contribution in [0.5, 0.6) is 0 Å². The molecule has 2 rings (SSSR count). The summed E-state index contributed by atoms with van der Waals surface area (Å²) in [5, 5.41) is 5.97. The third-order valence-corrected chi connectivity index (χ3v) is 4.25. The third kappa shape index (κ3) is 6.20. The topological polar surface area (TPSA) is 66.0 Å². The molecule has 0 spiro atoms. The quantitative estimate of drug-likeness (QED) is 0.617. The van der Waals surface area contributed by atoms with Crippen LogP contribution in [0.2, 0.25) is 0 Å². The van der Waals surface area contributed by atoms with Crippen molar-refractivity contribution in [1.29, 1.82) is 0 Å². The van der Waals surface area contributed by atoms with Crippen LogP contribution in [-0.4, -0.2) is 57.2 Å². The fourth-order valence-corrected chi connectivity index (χ4v) is 2.79. The number of carbonyl (C=O) groups excluding carboxylic acids is 1. The Labute approximate surface area is 144 Å². The highest BCUT2D eigenvalue weighted by atomic mass is 16.5. The minimum absolute atomic E-state index is 0.0832. The van der Waals surface area contributed by atoms with Gasteiger partial charge in [0.2, 0.25) is 5.91 Å². The minimum Gasteiger partial charge on any atom is -0.381 e. The van der Waals surface area contributed by atoms with Gasteiger partial charge in [0.05, 0.1) is 6.54 Å². The second-order valence-electron chi connectivity index (χ2n) is 6.08. The lowest BCUT2D eigenvalue weighted by molar-refractivity contribution is -0.115. The standard InChI is InChI=1S/C18H28N4O2/c1-19-18(22(2)11-8-15-9-12-24-13-10-15)20-14-17(23)21-16-6-4-3-5-7-16/h3-7,15H,8-14H2,1-2H3,(H,19,20)(H,21,23). The van der Waals surface area contributed by atoms with Gasteiger partial charge in [-0.05, 0) is 37.3 Å². The van der Waals surface area contributed by atoms with Crippen molar-refractivity contribution in [2.45, 2.75) is 19.3 Å². The molecule has 0 bridgehead atoms. The smallest absolute Gasteiger partial charge is 0.243 e. The molecule has 1 amide bonds. The number of aliphatic imine (C=N–C) groups is 1. The Morgan fingerprint density at radius 2 is 2.00 bits per heavy atom. The molecule has 1 heterocycles. The summed E-state index contributed by atoms with van der Waals surface area (Å²) in [6, 6.07) is 9.45. The number of para-hydroxylation sites is 1. The van der Waals surface area contributed by atoms with E-state index in [2.05, 4.69) is 20.5 Å². The normalized spacial score (nSPS) is 15.8. The molecule has 0 aromatic heterocycles. The molecule has 0 saturated carbocycles. The number of nitrogens with one attached hydrogen (secondary N) is 2. The number of benzene rings is 1. The highest BCUT2D eigenvalue weighted by Crippen LogP contribution is 2.18. The van der Waals surface area contributed by atoms with E-state index in [1.54, 1.807) is 7.05 Å². The van der Waals surface area contributed by atoms with Gasteiger partial charge in [0.25, 0.3) is 0 Å². The molecular formula is C18H28N4O2. The maximum Gasteiger partial charge on any atom is 0.243 e. The molecule has 2 N–H and O–H groups in total. The highest BCUT2D eigenvalue weighted by Gasteiger charge is 2.15. The zero-order chi connectivity index (χ0) is 17.2. The molecule has 24 heavy (non-hydrogen) atoms. The molecule has 1 aromatic carbocycles. The van der Waals surface area contributed by atoms with Crippen LogP contribution in [0.1, 0.15) is 19.3 Å². The zero-order valence-electron chi connectivity index (χ0n) is 14.6. The van der Waals surface area contributed by atoms with Crippen molar-refractivity contribution >= 4 is 17.6 Å². The molecule has 1 aromatic rings. The van der Waals surface area contributed by atoms with Gasteiger partial charge in [0, 0.05) is 39.5 Å². The van der Waals surface area contributed by atoms with Gasteiger partial charge in [0.1, 0.15) is 0 Å². The van der Waals surface area contributed by atoms with Gasteiger partial charge < -0.3 is 20.3 Å². The summed E-state index contributed by atoms with van der Waals surface area (Å²) in [5.41, 5.74) is 0.798. The highest BCUT2D eigenvalue weighted by molar-refractivity contribution is 5.94. The van der Waals surface area contributed by atoms with Crippen molar-refractivity contribution in [1.82, 2.24) is 10.2 Å². The van der Waals surface area contributed by atoms with Gasteiger partial charge in [-0.2, -0.15) is 0 Å². The first-order chi connectivity index (χ1) is 11.7. The number of amides is 1. The lowest BCUT2D eigenvalue weighted by atomic mass is 9.96. The SMILES string of the molecule is CN=C(NCC(=O)Nc1ccccc1)N(C)CCC1CCOCC1. The number of hydrogen-bond donors (Lipinski definition) is 2. The van der Waals surface area contributed by atoms with Gasteiger partial charge >= 0.3 is 0 Å². The third-order valence-electron chi connectivity index (χ3n) is 4.25. The van der Waals surface area contributed by atoms with E-state index in [0.717, 1.165) is 56.6 Å². The predicted octanol–water partition coefficient (Wildman–Crippen LogP) is 1.95. The molecular weight excluding hydrogens is 304 g/mol. The number of ether oxygens (including phenoxy) is 1. The Morgan fingerprint density at radius 1 is 1.29 bits per heavy atom. The van der Waals surface area contributed by atoms with Crippen LogP contribution in [0.4, 0.5) is 5.69 Å². The molecule has 0 radical (unpaired) electrons. The Bertz CT molecular complexity index is 527. The molecule has 0 atom stereocenters. The van der Waals surface area contributed by atoms with Crippen LogP contribution in [-0.2, 0) is 9.53 Å². The Morgan fingerprint density at radius 3 is 2.67 bits per heavy atom. The largest absolute Gasteiger partial charge is 0.381 e. The second kappa shape index (κ2) is 9.93. The van der Waals surface area contributed by atoms with Gasteiger partial charge in [-0.15, -0.1) is 0 Å². The summed E-state index contributed by atoms with van der Waals surface area (Å²) in [4.78, 5) is 18.3. The number of hydrogen-bond acceptors (Lipinski definition) is 3. The average molecular weight is 332 g/mol. The van der Waals surface area contributed by atoms with E-state index in [4.69, 9.17) is 4.74 Å². The lowest BCUT2D eigenvalue weighted by Gasteiger charge is -2.26. The Kier molecular flexibility index (Phi) is 7.55. The van der Waals surface area contributed by atoms with Crippen LogP contribution in [0.25, 0.3) is 0 Å². The monoisotopic (exact) mass is 332 g/mol. The molecule has 1 aliphatic rings. The van der Waals surface area contributed by atoms with Crippen molar-refractivity contribution in [3.63, 3.8) is 0 Å². The van der Waals surface area contributed by atoms with Gasteiger partial charge in [-0.3, -0.25) is 9.79 Å². The van der Waals surface area contributed by atoms with Crippen molar-refractivity contribution in [2.24, 2.45) is 10.9 Å². The predicted molar refractivity (Wildman–Crippen MR) is 97.2 cm³/mol. The average Bonchev–Trinajstić information content (AvgIpc) is 2.62. The summed E-state index contributed by atoms with van der Waals surface area (Å²) < 4.78 is 5.39. The number of anilines is 1. The number of carbonyl (C=O) groups is 1. The maximum atomic E-state index is 12.0. The zero-order valence-corrected chi connectivity index (χ0v) is 14.6. The fourth-order valence-electron chi connectivity index (χ4n) is 2.79. The van der Waals surface area contributed by atoms with E-state index in [-0.39, 0.29) is 12.5 Å². The summed E-state index contributed by atoms with van der Waals surface area (Å²) in [6.07, 6.45) is 3.40.